The van der Waals surface area contributed by atoms with Crippen LogP contribution in [0.25, 0.3) is 0 Å². The fourth-order valence-electron chi connectivity index (χ4n) is 0.788. The van der Waals surface area contributed by atoms with Gasteiger partial charge in [0.2, 0.25) is 5.78 Å². The number of aliphatic imine (C=N–C) groups is 1. The molecule has 0 bridgehead atoms. The van der Waals surface area contributed by atoms with Gasteiger partial charge in [-0.15, -0.1) is 0 Å². The number of ketones is 1. The number of ether oxygens (including phenoxy) is 1. The number of rotatable bonds is 3. The Morgan fingerprint density at radius 2 is 2.64 bits per heavy atom. The van der Waals surface area contributed by atoms with Crippen molar-refractivity contribution in [1.82, 2.24) is 0 Å². The number of hydrogen-bond acceptors (Lipinski definition) is 5. The zero-order chi connectivity index (χ0) is 8.27. The topological polar surface area (TPSA) is 68.1 Å². The summed E-state index contributed by atoms with van der Waals surface area (Å²) in [5.74, 6) is -0.1000. The number of nitroso groups, excluding NO2 is 1. The molecule has 0 aliphatic carbocycles. The number of hydrogen-bond donors (Lipinski definition) is 0. The molecule has 0 amide bonds. The SMILES string of the molecule is CC(=O)C1=N[C@@H](CN=O)CO1. The normalized spacial score (nSPS) is 22.3. The zero-order valence-electron chi connectivity index (χ0n) is 6.11. The molecule has 0 N–H and O–H groups in total. The second-order valence-electron chi connectivity index (χ2n) is 2.27. The first-order valence-electron chi connectivity index (χ1n) is 3.24. The molecule has 0 spiro atoms. The van der Waals surface area contributed by atoms with Gasteiger partial charge < -0.3 is 4.74 Å². The Balaban J connectivity index is 2.53. The van der Waals surface area contributed by atoms with Gasteiger partial charge in [-0.1, -0.05) is 5.18 Å². The summed E-state index contributed by atoms with van der Waals surface area (Å²) in [6.07, 6.45) is 0. The summed E-state index contributed by atoms with van der Waals surface area (Å²) in [5.41, 5.74) is 0. The summed E-state index contributed by atoms with van der Waals surface area (Å²) < 4.78 is 4.88. The van der Waals surface area contributed by atoms with Crippen LogP contribution in [0.5, 0.6) is 0 Å². The van der Waals surface area contributed by atoms with Crippen LogP contribution in [-0.4, -0.2) is 30.9 Å². The van der Waals surface area contributed by atoms with E-state index in [0.29, 0.717) is 6.61 Å². The van der Waals surface area contributed by atoms with Crippen LogP contribution in [-0.2, 0) is 9.53 Å². The molecule has 0 aromatic heterocycles. The molecule has 1 heterocycles. The van der Waals surface area contributed by atoms with Crippen molar-refractivity contribution in [3.05, 3.63) is 4.91 Å². The first-order chi connectivity index (χ1) is 5.24. The van der Waals surface area contributed by atoms with Gasteiger partial charge in [0.05, 0.1) is 0 Å². The van der Waals surface area contributed by atoms with Crippen molar-refractivity contribution < 1.29 is 9.53 Å². The molecule has 11 heavy (non-hydrogen) atoms. The van der Waals surface area contributed by atoms with Crippen LogP contribution < -0.4 is 0 Å². The molecule has 1 rings (SSSR count). The summed E-state index contributed by atoms with van der Waals surface area (Å²) in [6.45, 7) is 1.74. The average molecular weight is 156 g/mol. The third-order valence-corrected chi connectivity index (χ3v) is 1.30. The van der Waals surface area contributed by atoms with Crippen molar-refractivity contribution in [2.75, 3.05) is 13.2 Å². The number of carbonyl (C=O) groups excluding carboxylic acids is 1. The van der Waals surface area contributed by atoms with Gasteiger partial charge in [0.25, 0.3) is 5.90 Å². The molecule has 1 atom stereocenters. The summed E-state index contributed by atoms with van der Waals surface area (Å²) in [7, 11) is 0. The maximum atomic E-state index is 10.6. The summed E-state index contributed by atoms with van der Waals surface area (Å²) in [4.78, 5) is 24.2. The van der Waals surface area contributed by atoms with Gasteiger partial charge in [0.1, 0.15) is 19.2 Å². The van der Waals surface area contributed by atoms with Gasteiger partial charge in [0.15, 0.2) is 0 Å². The Morgan fingerprint density at radius 1 is 1.91 bits per heavy atom. The van der Waals surface area contributed by atoms with Crippen molar-refractivity contribution in [2.45, 2.75) is 13.0 Å². The maximum Gasteiger partial charge on any atom is 0.253 e. The minimum atomic E-state index is -0.258. The van der Waals surface area contributed by atoms with E-state index in [1.165, 1.54) is 6.92 Å². The van der Waals surface area contributed by atoms with E-state index in [-0.39, 0.29) is 24.3 Å². The highest BCUT2D eigenvalue weighted by Gasteiger charge is 2.21. The molecule has 0 unspecified atom stereocenters. The molecule has 5 heteroatoms. The molecular weight excluding hydrogens is 148 g/mol. The molecule has 60 valence electrons. The van der Waals surface area contributed by atoms with Crippen LogP contribution >= 0.6 is 0 Å². The molecule has 0 saturated heterocycles. The van der Waals surface area contributed by atoms with E-state index >= 15 is 0 Å². The molecule has 1 aliphatic rings. The third kappa shape index (κ3) is 1.83. The van der Waals surface area contributed by atoms with E-state index in [4.69, 9.17) is 4.74 Å². The zero-order valence-corrected chi connectivity index (χ0v) is 6.11. The van der Waals surface area contributed by atoms with Gasteiger partial charge in [-0.25, -0.2) is 4.99 Å². The Kier molecular flexibility index (Phi) is 2.30. The maximum absolute atomic E-state index is 10.6. The predicted octanol–water partition coefficient (Wildman–Crippen LogP) is 0.139. The van der Waals surface area contributed by atoms with Crippen molar-refractivity contribution in [1.29, 1.82) is 0 Å². The van der Waals surface area contributed by atoms with E-state index in [1.54, 1.807) is 0 Å². The quantitative estimate of drug-likeness (QED) is 0.546. The molecule has 0 saturated carbocycles. The van der Waals surface area contributed by atoms with E-state index in [2.05, 4.69) is 10.2 Å². The summed E-state index contributed by atoms with van der Waals surface area (Å²) in [5, 5.41) is 2.66. The van der Waals surface area contributed by atoms with Crippen molar-refractivity contribution in [3.8, 4) is 0 Å². The van der Waals surface area contributed by atoms with Gasteiger partial charge in [-0.05, 0) is 0 Å². The standard InChI is InChI=1S/C6H8N2O3/c1-4(9)6-8-5(2-7-10)3-11-6/h5H,2-3H2,1H3/t5-/m0/s1. The fraction of sp³-hybridized carbons (Fsp3) is 0.667. The number of Topliss-reactive ketones (excluding diaryl/α,β-unsaturated/α-hetero) is 1. The number of nitrogens with zero attached hydrogens (tertiary/aromatic N) is 2. The van der Waals surface area contributed by atoms with Gasteiger partial charge in [-0.2, -0.15) is 4.91 Å². The predicted molar refractivity (Wildman–Crippen MR) is 38.5 cm³/mol. The largest absolute Gasteiger partial charge is 0.473 e. The Hall–Kier alpha value is -1.26. The van der Waals surface area contributed by atoms with Crippen LogP contribution in [0.2, 0.25) is 0 Å². The average Bonchev–Trinajstić information content (AvgIpc) is 2.37. The monoisotopic (exact) mass is 156 g/mol. The van der Waals surface area contributed by atoms with E-state index < -0.39 is 0 Å². The Morgan fingerprint density at radius 3 is 3.09 bits per heavy atom. The Bertz CT molecular complexity index is 212. The lowest BCUT2D eigenvalue weighted by molar-refractivity contribution is -0.112. The molecule has 1 aliphatic heterocycles. The lowest BCUT2D eigenvalue weighted by atomic mass is 10.3. The van der Waals surface area contributed by atoms with Crippen LogP contribution in [0.15, 0.2) is 10.2 Å². The van der Waals surface area contributed by atoms with E-state index in [1.807, 2.05) is 0 Å². The van der Waals surface area contributed by atoms with Crippen molar-refractivity contribution in [2.24, 2.45) is 10.2 Å². The van der Waals surface area contributed by atoms with Gasteiger partial charge >= 0.3 is 0 Å². The highest BCUT2D eigenvalue weighted by molar-refractivity contribution is 6.35. The molecule has 0 radical (unpaired) electrons. The summed E-state index contributed by atoms with van der Waals surface area (Å²) >= 11 is 0. The van der Waals surface area contributed by atoms with Crippen LogP contribution in [0.4, 0.5) is 0 Å². The van der Waals surface area contributed by atoms with E-state index in [0.717, 1.165) is 0 Å². The van der Waals surface area contributed by atoms with Crippen molar-refractivity contribution in [3.63, 3.8) is 0 Å². The minimum Gasteiger partial charge on any atom is -0.473 e. The highest BCUT2D eigenvalue weighted by atomic mass is 16.5. The lowest BCUT2D eigenvalue weighted by Crippen LogP contribution is -2.10. The third-order valence-electron chi connectivity index (χ3n) is 1.30. The smallest absolute Gasteiger partial charge is 0.253 e. The molecular formula is C6H8N2O3. The second-order valence-corrected chi connectivity index (χ2v) is 2.27. The highest BCUT2D eigenvalue weighted by Crippen LogP contribution is 2.04. The summed E-state index contributed by atoms with van der Waals surface area (Å²) in [6, 6.07) is -0.258. The Labute approximate surface area is 63.4 Å². The van der Waals surface area contributed by atoms with E-state index in [9.17, 15) is 9.70 Å². The first kappa shape index (κ1) is 7.84. The first-order valence-corrected chi connectivity index (χ1v) is 3.24. The van der Waals surface area contributed by atoms with Crippen LogP contribution in [0.3, 0.4) is 0 Å². The molecule has 0 fully saturated rings. The molecule has 0 aromatic carbocycles. The van der Waals surface area contributed by atoms with Crippen LogP contribution in [0.1, 0.15) is 6.92 Å². The van der Waals surface area contributed by atoms with Gasteiger partial charge in [-0.3, -0.25) is 4.79 Å². The fourth-order valence-corrected chi connectivity index (χ4v) is 0.788. The van der Waals surface area contributed by atoms with Crippen LogP contribution in [0, 0.1) is 4.91 Å². The lowest BCUT2D eigenvalue weighted by Gasteiger charge is -1.94. The van der Waals surface area contributed by atoms with Crippen molar-refractivity contribution >= 4 is 11.7 Å². The minimum absolute atomic E-state index is 0.0801. The second kappa shape index (κ2) is 3.23. The molecule has 0 aromatic rings. The molecule has 5 nitrogen and oxygen atoms in total. The van der Waals surface area contributed by atoms with Gasteiger partial charge in [0, 0.05) is 6.92 Å². The number of carbonyl (C=O) groups is 1.